The Morgan fingerprint density at radius 2 is 1.65 bits per heavy atom. The monoisotopic (exact) mass is 520 g/mol. The van der Waals surface area contributed by atoms with E-state index in [9.17, 15) is 4.79 Å². The molecule has 0 atom stereocenters. The zero-order valence-electron chi connectivity index (χ0n) is 21.4. The van der Waals surface area contributed by atoms with Gasteiger partial charge in [-0.15, -0.1) is 0 Å². The first-order valence-electron chi connectivity index (χ1n) is 12.4. The molecule has 1 aromatic heterocycles. The molecule has 1 saturated heterocycles. The van der Waals surface area contributed by atoms with Gasteiger partial charge in [0.1, 0.15) is 5.82 Å². The zero-order chi connectivity index (χ0) is 26.0. The van der Waals surface area contributed by atoms with Crippen LogP contribution in [0.5, 0.6) is 11.5 Å². The summed E-state index contributed by atoms with van der Waals surface area (Å²) >= 11 is 1.58. The van der Waals surface area contributed by atoms with Crippen molar-refractivity contribution in [3.05, 3.63) is 70.9 Å². The second kappa shape index (κ2) is 10.6. The van der Waals surface area contributed by atoms with E-state index < -0.39 is 5.97 Å². The number of thioether (sulfide) groups is 1. The number of nitrogens with zero attached hydrogens (tertiary/aromatic N) is 4. The van der Waals surface area contributed by atoms with Gasteiger partial charge in [-0.2, -0.15) is 0 Å². The van der Waals surface area contributed by atoms with Crippen molar-refractivity contribution in [3.63, 3.8) is 0 Å². The molecule has 2 aliphatic rings. The number of anilines is 1. The van der Waals surface area contributed by atoms with Crippen molar-refractivity contribution in [2.75, 3.05) is 37.9 Å². The Balaban J connectivity index is 1.25. The average Bonchev–Trinajstić information content (AvgIpc) is 3.35. The number of hydrogen-bond acceptors (Lipinski definition) is 8. The molecule has 0 unspecified atom stereocenters. The van der Waals surface area contributed by atoms with Gasteiger partial charge in [0.05, 0.1) is 11.3 Å². The molecule has 37 heavy (non-hydrogen) atoms. The molecule has 8 nitrogen and oxygen atoms in total. The molecule has 3 aromatic rings. The van der Waals surface area contributed by atoms with E-state index in [4.69, 9.17) is 24.5 Å². The Hall–Kier alpha value is -3.30. The third-order valence-corrected chi connectivity index (χ3v) is 7.49. The number of aromatic carboxylic acids is 1. The normalized spacial score (nSPS) is 15.7. The molecule has 1 fully saturated rings. The van der Waals surface area contributed by atoms with E-state index in [1.807, 2.05) is 18.2 Å². The Labute approximate surface area is 221 Å². The molecular weight excluding hydrogens is 488 g/mol. The maximum atomic E-state index is 11.1. The quantitative estimate of drug-likeness (QED) is 0.348. The van der Waals surface area contributed by atoms with Crippen LogP contribution in [0.25, 0.3) is 0 Å². The van der Waals surface area contributed by atoms with Crippen LogP contribution in [0.2, 0.25) is 0 Å². The highest BCUT2D eigenvalue weighted by molar-refractivity contribution is 7.98. The molecule has 0 radical (unpaired) electrons. The van der Waals surface area contributed by atoms with Crippen molar-refractivity contribution in [2.24, 2.45) is 0 Å². The van der Waals surface area contributed by atoms with Gasteiger partial charge in [-0.25, -0.2) is 14.8 Å². The maximum absolute atomic E-state index is 11.1. The van der Waals surface area contributed by atoms with Crippen LogP contribution < -0.4 is 14.4 Å². The van der Waals surface area contributed by atoms with Crippen molar-refractivity contribution in [2.45, 2.75) is 43.6 Å². The van der Waals surface area contributed by atoms with Crippen LogP contribution in [0, 0.1) is 0 Å². The van der Waals surface area contributed by atoms with Gasteiger partial charge in [0.2, 0.25) is 6.79 Å². The number of ether oxygens (including phenoxy) is 2. The van der Waals surface area contributed by atoms with E-state index in [1.54, 1.807) is 23.9 Å². The lowest BCUT2D eigenvalue weighted by atomic mass is 9.92. The first kappa shape index (κ1) is 25.4. The highest BCUT2D eigenvalue weighted by Gasteiger charge is 2.24. The molecule has 1 N–H and O–H groups in total. The smallest absolute Gasteiger partial charge is 0.335 e. The Morgan fingerprint density at radius 1 is 0.946 bits per heavy atom. The lowest BCUT2D eigenvalue weighted by Crippen LogP contribution is -2.46. The summed E-state index contributed by atoms with van der Waals surface area (Å²) in [6, 6.07) is 15.3. The number of benzene rings is 2. The number of fused-ring (bicyclic) bond motifs is 1. The molecule has 0 spiro atoms. The SMILES string of the molecule is CC(C)(C)c1cc(N2CCN(Cc3ccc4c(c3)OCO4)CC2)nc(SCc2ccc(C(=O)O)cc2)n1. The largest absolute Gasteiger partial charge is 0.478 e. The minimum Gasteiger partial charge on any atom is -0.478 e. The first-order chi connectivity index (χ1) is 17.7. The second-order valence-electron chi connectivity index (χ2n) is 10.4. The minimum absolute atomic E-state index is 0.0999. The first-order valence-corrected chi connectivity index (χ1v) is 13.4. The van der Waals surface area contributed by atoms with Crippen molar-refractivity contribution in [1.82, 2.24) is 14.9 Å². The summed E-state index contributed by atoms with van der Waals surface area (Å²) in [6.45, 7) is 11.4. The van der Waals surface area contributed by atoms with Crippen LogP contribution in [0.4, 0.5) is 5.82 Å². The van der Waals surface area contributed by atoms with Gasteiger partial charge < -0.3 is 19.5 Å². The molecule has 194 valence electrons. The maximum Gasteiger partial charge on any atom is 0.335 e. The highest BCUT2D eigenvalue weighted by Crippen LogP contribution is 2.33. The van der Waals surface area contributed by atoms with E-state index in [0.29, 0.717) is 18.1 Å². The van der Waals surface area contributed by atoms with Crippen molar-refractivity contribution >= 4 is 23.5 Å². The number of aromatic nitrogens is 2. The zero-order valence-corrected chi connectivity index (χ0v) is 22.3. The number of carboxylic acids is 1. The third kappa shape index (κ3) is 6.17. The molecule has 5 rings (SSSR count). The minimum atomic E-state index is -0.916. The van der Waals surface area contributed by atoms with E-state index in [0.717, 1.165) is 66.5 Å². The molecule has 2 aromatic carbocycles. The van der Waals surface area contributed by atoms with Crippen LogP contribution in [-0.2, 0) is 17.7 Å². The van der Waals surface area contributed by atoms with Crippen LogP contribution >= 0.6 is 11.8 Å². The molecule has 9 heteroatoms. The van der Waals surface area contributed by atoms with Crippen molar-refractivity contribution < 1.29 is 19.4 Å². The lowest BCUT2D eigenvalue weighted by Gasteiger charge is -2.36. The average molecular weight is 521 g/mol. The van der Waals surface area contributed by atoms with Crippen molar-refractivity contribution in [1.29, 1.82) is 0 Å². The molecule has 3 heterocycles. The number of hydrogen-bond donors (Lipinski definition) is 1. The summed E-state index contributed by atoms with van der Waals surface area (Å²) in [4.78, 5) is 25.7. The fourth-order valence-electron chi connectivity index (χ4n) is 4.35. The summed E-state index contributed by atoms with van der Waals surface area (Å²) in [5.74, 6) is 2.37. The van der Waals surface area contributed by atoms with Gasteiger partial charge in [-0.05, 0) is 35.4 Å². The Bertz CT molecular complexity index is 1270. The van der Waals surface area contributed by atoms with Gasteiger partial charge in [-0.3, -0.25) is 4.90 Å². The predicted octanol–water partition coefficient (Wildman–Crippen LogP) is 4.82. The van der Waals surface area contributed by atoms with E-state index in [1.165, 1.54) is 5.56 Å². The van der Waals surface area contributed by atoms with Gasteiger partial charge in [0.15, 0.2) is 16.7 Å². The van der Waals surface area contributed by atoms with E-state index in [2.05, 4.69) is 48.8 Å². The van der Waals surface area contributed by atoms with Crippen LogP contribution in [-0.4, -0.2) is 58.9 Å². The number of carbonyl (C=O) groups is 1. The van der Waals surface area contributed by atoms with Crippen LogP contribution in [0.3, 0.4) is 0 Å². The number of piperazine rings is 1. The topological polar surface area (TPSA) is 88.0 Å². The number of rotatable bonds is 7. The van der Waals surface area contributed by atoms with Crippen LogP contribution in [0.15, 0.2) is 53.7 Å². The molecule has 0 saturated carbocycles. The molecular formula is C28H32N4O4S. The summed E-state index contributed by atoms with van der Waals surface area (Å²) in [6.07, 6.45) is 0. The predicted molar refractivity (Wildman–Crippen MR) is 144 cm³/mol. The van der Waals surface area contributed by atoms with Gasteiger partial charge in [0, 0.05) is 50.0 Å². The number of carboxylic acid groups (broad SMARTS) is 1. The molecule has 2 aliphatic heterocycles. The Kier molecular flexibility index (Phi) is 7.26. The summed E-state index contributed by atoms with van der Waals surface area (Å²) in [5.41, 5.74) is 3.48. The van der Waals surface area contributed by atoms with Gasteiger partial charge >= 0.3 is 5.97 Å². The van der Waals surface area contributed by atoms with Crippen molar-refractivity contribution in [3.8, 4) is 11.5 Å². The van der Waals surface area contributed by atoms with E-state index in [-0.39, 0.29) is 5.41 Å². The second-order valence-corrected chi connectivity index (χ2v) is 11.3. The summed E-state index contributed by atoms with van der Waals surface area (Å²) in [7, 11) is 0. The summed E-state index contributed by atoms with van der Waals surface area (Å²) in [5, 5.41) is 9.87. The van der Waals surface area contributed by atoms with Gasteiger partial charge in [-0.1, -0.05) is 50.7 Å². The molecule has 0 aliphatic carbocycles. The highest BCUT2D eigenvalue weighted by atomic mass is 32.2. The van der Waals surface area contributed by atoms with Crippen LogP contribution in [0.1, 0.15) is 48.0 Å². The summed E-state index contributed by atoms with van der Waals surface area (Å²) < 4.78 is 11.0. The van der Waals surface area contributed by atoms with Gasteiger partial charge in [0.25, 0.3) is 0 Å². The fourth-order valence-corrected chi connectivity index (χ4v) is 5.16. The standard InChI is InChI=1S/C28H32N4O4S/c1-28(2,3)24-15-25(30-27(29-24)37-17-19-4-7-21(8-5-19)26(33)34)32-12-10-31(11-13-32)16-20-6-9-22-23(14-20)36-18-35-22/h4-9,14-15H,10-13,16-18H2,1-3H3,(H,33,34). The molecule has 0 bridgehead atoms. The Morgan fingerprint density at radius 3 is 2.35 bits per heavy atom. The molecule has 0 amide bonds. The van der Waals surface area contributed by atoms with E-state index >= 15 is 0 Å². The lowest BCUT2D eigenvalue weighted by molar-refractivity contribution is 0.0697. The fraction of sp³-hybridized carbons (Fsp3) is 0.393. The third-order valence-electron chi connectivity index (χ3n) is 6.57.